The second-order valence-corrected chi connectivity index (χ2v) is 7.98. The Morgan fingerprint density at radius 1 is 1.22 bits per heavy atom. The molecule has 0 aromatic carbocycles. The van der Waals surface area contributed by atoms with Gasteiger partial charge in [-0.15, -0.1) is 0 Å². The lowest BCUT2D eigenvalue weighted by Crippen LogP contribution is -2.46. The van der Waals surface area contributed by atoms with E-state index in [1.165, 1.54) is 12.8 Å². The van der Waals surface area contributed by atoms with Crippen molar-refractivity contribution in [2.24, 2.45) is 5.41 Å². The van der Waals surface area contributed by atoms with Crippen molar-refractivity contribution >= 4 is 10.0 Å². The summed E-state index contributed by atoms with van der Waals surface area (Å²) < 4.78 is 26.7. The van der Waals surface area contributed by atoms with Gasteiger partial charge >= 0.3 is 0 Å². The van der Waals surface area contributed by atoms with E-state index >= 15 is 0 Å². The molecule has 1 N–H and O–H groups in total. The zero-order valence-electron chi connectivity index (χ0n) is 11.6. The highest BCUT2D eigenvalue weighted by atomic mass is 32.2. The van der Waals surface area contributed by atoms with Gasteiger partial charge in [-0.3, -0.25) is 0 Å². The van der Waals surface area contributed by atoms with Crippen LogP contribution in [0.3, 0.4) is 0 Å². The minimum atomic E-state index is -3.06. The monoisotopic (exact) mass is 274 g/mol. The molecule has 0 aliphatic carbocycles. The van der Waals surface area contributed by atoms with Crippen LogP contribution >= 0.6 is 0 Å². The third-order valence-corrected chi connectivity index (χ3v) is 7.41. The number of hydrogen-bond donors (Lipinski definition) is 1. The molecule has 0 radical (unpaired) electrons. The molecule has 2 heterocycles. The summed E-state index contributed by atoms with van der Waals surface area (Å²) in [5.74, 6) is 0. The number of rotatable bonds is 4. The van der Waals surface area contributed by atoms with Crippen LogP contribution < -0.4 is 5.32 Å². The molecule has 2 fully saturated rings. The van der Waals surface area contributed by atoms with Crippen LogP contribution in [-0.4, -0.2) is 44.2 Å². The molecule has 18 heavy (non-hydrogen) atoms. The lowest BCUT2D eigenvalue weighted by molar-refractivity contribution is 0.141. The Hall–Kier alpha value is -0.130. The smallest absolute Gasteiger partial charge is 0.218 e. The topological polar surface area (TPSA) is 49.4 Å². The van der Waals surface area contributed by atoms with Crippen LogP contribution in [0, 0.1) is 5.41 Å². The van der Waals surface area contributed by atoms with E-state index in [0.717, 1.165) is 38.9 Å². The van der Waals surface area contributed by atoms with E-state index in [-0.39, 0.29) is 5.25 Å². The van der Waals surface area contributed by atoms with Gasteiger partial charge in [0.1, 0.15) is 0 Å². The fourth-order valence-corrected chi connectivity index (χ4v) is 5.12. The van der Waals surface area contributed by atoms with Crippen LogP contribution in [0.25, 0.3) is 0 Å². The summed E-state index contributed by atoms with van der Waals surface area (Å²) in [6.45, 7) is 7.38. The molecule has 2 rings (SSSR count). The van der Waals surface area contributed by atoms with Gasteiger partial charge in [-0.2, -0.15) is 0 Å². The van der Waals surface area contributed by atoms with E-state index in [9.17, 15) is 8.42 Å². The molecule has 0 aromatic rings. The molecule has 1 atom stereocenters. The summed E-state index contributed by atoms with van der Waals surface area (Å²) in [6, 6.07) is 0. The normalized spacial score (nSPS) is 29.6. The molecule has 106 valence electrons. The third kappa shape index (κ3) is 2.58. The standard InChI is InChI=1S/C13H26N2O2S/c1-3-13(4-2)6-9-15(10-7-13)18(16,17)12-5-8-14-11-12/h12,14H,3-11H2,1-2H3. The summed E-state index contributed by atoms with van der Waals surface area (Å²) >= 11 is 0. The minimum absolute atomic E-state index is 0.187. The fourth-order valence-electron chi connectivity index (χ4n) is 3.27. The van der Waals surface area contributed by atoms with Crippen LogP contribution in [0.2, 0.25) is 0 Å². The van der Waals surface area contributed by atoms with Gasteiger partial charge in [-0.05, 0) is 31.2 Å². The lowest BCUT2D eigenvalue weighted by Gasteiger charge is -2.41. The number of hydrogen-bond acceptors (Lipinski definition) is 3. The highest BCUT2D eigenvalue weighted by Crippen LogP contribution is 2.39. The summed E-state index contributed by atoms with van der Waals surface area (Å²) in [5.41, 5.74) is 0.389. The summed E-state index contributed by atoms with van der Waals surface area (Å²) in [4.78, 5) is 0. The largest absolute Gasteiger partial charge is 0.315 e. The minimum Gasteiger partial charge on any atom is -0.315 e. The Bertz CT molecular complexity index is 360. The predicted octanol–water partition coefficient (Wildman–Crippen LogP) is 1.58. The Balaban J connectivity index is 2.00. The molecule has 2 saturated heterocycles. The quantitative estimate of drug-likeness (QED) is 0.847. The highest BCUT2D eigenvalue weighted by Gasteiger charge is 2.39. The number of nitrogens with zero attached hydrogens (tertiary/aromatic N) is 1. The van der Waals surface area contributed by atoms with Gasteiger partial charge in [-0.25, -0.2) is 12.7 Å². The molecule has 0 spiro atoms. The van der Waals surface area contributed by atoms with Gasteiger partial charge in [0.05, 0.1) is 5.25 Å². The molecule has 2 aliphatic rings. The summed E-state index contributed by atoms with van der Waals surface area (Å²) in [7, 11) is -3.06. The average Bonchev–Trinajstić information content (AvgIpc) is 2.93. The van der Waals surface area contributed by atoms with E-state index in [1.54, 1.807) is 4.31 Å². The molecule has 0 bridgehead atoms. The lowest BCUT2D eigenvalue weighted by atomic mass is 9.75. The van der Waals surface area contributed by atoms with Crippen molar-refractivity contribution in [1.29, 1.82) is 0 Å². The van der Waals surface area contributed by atoms with Crippen LogP contribution in [0.5, 0.6) is 0 Å². The first-order chi connectivity index (χ1) is 8.54. The maximum absolute atomic E-state index is 12.5. The van der Waals surface area contributed by atoms with E-state index in [0.29, 0.717) is 12.0 Å². The van der Waals surface area contributed by atoms with Crippen molar-refractivity contribution in [2.45, 2.75) is 51.2 Å². The Kier molecular flexibility index (Phi) is 4.34. The van der Waals surface area contributed by atoms with Gasteiger partial charge in [-0.1, -0.05) is 26.7 Å². The number of sulfonamides is 1. The molecular weight excluding hydrogens is 248 g/mol. The molecule has 2 aliphatic heterocycles. The second-order valence-electron chi connectivity index (χ2n) is 5.77. The summed E-state index contributed by atoms with van der Waals surface area (Å²) in [5, 5.41) is 2.96. The first kappa shape index (κ1) is 14.3. The van der Waals surface area contributed by atoms with Gasteiger partial charge in [0, 0.05) is 19.6 Å². The molecule has 1 unspecified atom stereocenters. The van der Waals surface area contributed by atoms with Crippen LogP contribution in [0.1, 0.15) is 46.0 Å². The molecule has 0 saturated carbocycles. The van der Waals surface area contributed by atoms with Crippen LogP contribution in [-0.2, 0) is 10.0 Å². The van der Waals surface area contributed by atoms with Gasteiger partial charge in [0.15, 0.2) is 0 Å². The zero-order valence-corrected chi connectivity index (χ0v) is 12.4. The Labute approximate surface area is 111 Å². The average molecular weight is 274 g/mol. The van der Waals surface area contributed by atoms with Crippen molar-refractivity contribution in [1.82, 2.24) is 9.62 Å². The molecule has 5 heteroatoms. The van der Waals surface area contributed by atoms with Crippen LogP contribution in [0.15, 0.2) is 0 Å². The predicted molar refractivity (Wildman–Crippen MR) is 74.0 cm³/mol. The molecular formula is C13H26N2O2S. The number of nitrogens with one attached hydrogen (secondary N) is 1. The van der Waals surface area contributed by atoms with Crippen molar-refractivity contribution in [3.63, 3.8) is 0 Å². The van der Waals surface area contributed by atoms with Crippen molar-refractivity contribution < 1.29 is 8.42 Å². The van der Waals surface area contributed by atoms with E-state index in [2.05, 4.69) is 19.2 Å². The SMILES string of the molecule is CCC1(CC)CCN(S(=O)(=O)C2CCNC2)CC1. The third-order valence-electron chi connectivity index (χ3n) is 5.08. The molecule has 0 aromatic heterocycles. The molecule has 0 amide bonds. The van der Waals surface area contributed by atoms with Crippen molar-refractivity contribution in [3.05, 3.63) is 0 Å². The highest BCUT2D eigenvalue weighted by molar-refractivity contribution is 7.89. The Morgan fingerprint density at radius 2 is 1.83 bits per heavy atom. The zero-order chi connectivity index (χ0) is 13.2. The van der Waals surface area contributed by atoms with Gasteiger partial charge < -0.3 is 5.32 Å². The summed E-state index contributed by atoms with van der Waals surface area (Å²) in [6.07, 6.45) is 5.16. The van der Waals surface area contributed by atoms with E-state index in [4.69, 9.17) is 0 Å². The second kappa shape index (κ2) is 5.47. The number of piperidine rings is 1. The maximum Gasteiger partial charge on any atom is 0.218 e. The first-order valence-electron chi connectivity index (χ1n) is 7.24. The van der Waals surface area contributed by atoms with E-state index in [1.807, 2.05) is 0 Å². The van der Waals surface area contributed by atoms with Crippen molar-refractivity contribution in [2.75, 3.05) is 26.2 Å². The van der Waals surface area contributed by atoms with Crippen molar-refractivity contribution in [3.8, 4) is 0 Å². The van der Waals surface area contributed by atoms with E-state index < -0.39 is 10.0 Å². The van der Waals surface area contributed by atoms with Crippen LogP contribution in [0.4, 0.5) is 0 Å². The fraction of sp³-hybridized carbons (Fsp3) is 1.00. The maximum atomic E-state index is 12.5. The van der Waals surface area contributed by atoms with Gasteiger partial charge in [0.25, 0.3) is 0 Å². The first-order valence-corrected chi connectivity index (χ1v) is 8.74. The Morgan fingerprint density at radius 3 is 2.28 bits per heavy atom. The van der Waals surface area contributed by atoms with Gasteiger partial charge in [0.2, 0.25) is 10.0 Å². The molecule has 4 nitrogen and oxygen atoms in total.